The fraction of sp³-hybridized carbons (Fsp3) is 0.950. The number of guanidine groups is 1. The van der Waals surface area contributed by atoms with Crippen molar-refractivity contribution in [1.82, 2.24) is 10.2 Å². The van der Waals surface area contributed by atoms with Crippen molar-refractivity contribution >= 4 is 5.96 Å². The second-order valence-corrected chi connectivity index (χ2v) is 8.69. The number of likely N-dealkylation sites (tertiary alicyclic amines) is 1. The highest BCUT2D eigenvalue weighted by Crippen LogP contribution is 2.57. The minimum absolute atomic E-state index is 0.357. The number of piperidine rings is 1. The predicted octanol–water partition coefficient (Wildman–Crippen LogP) is 2.80. The highest BCUT2D eigenvalue weighted by molar-refractivity contribution is 5.80. The molecule has 2 saturated heterocycles. The fourth-order valence-corrected chi connectivity index (χ4v) is 5.71. The van der Waals surface area contributed by atoms with E-state index in [-0.39, 0.29) is 0 Å². The summed E-state index contributed by atoms with van der Waals surface area (Å²) in [4.78, 5) is 7.15. The van der Waals surface area contributed by atoms with Crippen LogP contribution in [0.25, 0.3) is 0 Å². The van der Waals surface area contributed by atoms with Gasteiger partial charge in [-0.2, -0.15) is 0 Å². The molecule has 0 amide bonds. The van der Waals surface area contributed by atoms with E-state index in [1.54, 1.807) is 0 Å². The van der Waals surface area contributed by atoms with Crippen LogP contribution < -0.4 is 5.32 Å². The van der Waals surface area contributed by atoms with Crippen LogP contribution in [0.2, 0.25) is 0 Å². The summed E-state index contributed by atoms with van der Waals surface area (Å²) in [5.41, 5.74) is 0.739. The Hall–Kier alpha value is -0.810. The molecular weight excluding hydrogens is 314 g/mol. The van der Waals surface area contributed by atoms with Crippen LogP contribution in [0.1, 0.15) is 58.3 Å². The van der Waals surface area contributed by atoms with Gasteiger partial charge < -0.3 is 19.7 Å². The number of nitrogens with one attached hydrogen (secondary N) is 1. The molecule has 3 unspecified atom stereocenters. The minimum atomic E-state index is 0.357. The fourth-order valence-electron chi connectivity index (χ4n) is 5.71. The lowest BCUT2D eigenvalue weighted by molar-refractivity contribution is -0.169. The van der Waals surface area contributed by atoms with Gasteiger partial charge >= 0.3 is 0 Å². The number of aliphatic imine (C=N–C) groups is 1. The maximum atomic E-state index is 6.01. The average molecular weight is 350 g/mol. The molecule has 2 spiro atoms. The van der Waals surface area contributed by atoms with Gasteiger partial charge in [0, 0.05) is 50.2 Å². The van der Waals surface area contributed by atoms with Crippen molar-refractivity contribution < 1.29 is 9.47 Å². The van der Waals surface area contributed by atoms with Gasteiger partial charge in [0.2, 0.25) is 0 Å². The average Bonchev–Trinajstić information content (AvgIpc) is 2.57. The second-order valence-electron chi connectivity index (χ2n) is 8.69. The Morgan fingerprint density at radius 2 is 2.08 bits per heavy atom. The van der Waals surface area contributed by atoms with Crippen molar-refractivity contribution in [2.45, 2.75) is 70.4 Å². The van der Waals surface area contributed by atoms with Gasteiger partial charge in [0.15, 0.2) is 5.96 Å². The lowest BCUT2D eigenvalue weighted by atomic mass is 9.51. The van der Waals surface area contributed by atoms with Crippen LogP contribution in [0.4, 0.5) is 0 Å². The van der Waals surface area contributed by atoms with E-state index < -0.39 is 0 Å². The molecule has 0 aromatic carbocycles. The predicted molar refractivity (Wildman–Crippen MR) is 99.9 cm³/mol. The molecule has 4 rings (SSSR count). The van der Waals surface area contributed by atoms with Gasteiger partial charge in [-0.3, -0.25) is 4.99 Å². The van der Waals surface area contributed by atoms with Crippen LogP contribution >= 0.6 is 0 Å². The van der Waals surface area contributed by atoms with Gasteiger partial charge in [-0.1, -0.05) is 6.42 Å². The van der Waals surface area contributed by atoms with E-state index >= 15 is 0 Å². The number of hydrogen-bond acceptors (Lipinski definition) is 3. The third-order valence-electron chi connectivity index (χ3n) is 7.32. The first-order chi connectivity index (χ1) is 12.2. The van der Waals surface area contributed by atoms with Gasteiger partial charge in [-0.05, 0) is 51.9 Å². The molecule has 0 aromatic rings. The van der Waals surface area contributed by atoms with Crippen molar-refractivity contribution in [3.8, 4) is 0 Å². The molecular formula is C20H35N3O2. The van der Waals surface area contributed by atoms with Gasteiger partial charge in [0.05, 0.1) is 12.7 Å². The molecule has 2 saturated carbocycles. The summed E-state index contributed by atoms with van der Waals surface area (Å²) >= 11 is 0. The first kappa shape index (κ1) is 17.6. The molecule has 4 aliphatic rings. The molecule has 5 heteroatoms. The molecule has 0 radical (unpaired) electrons. The SMILES string of the molecule is CCOC1CC(NC(=NC)N2CCCC3(CCCOC3)C2)C12CCC2. The topological polar surface area (TPSA) is 46.1 Å². The Morgan fingerprint density at radius 1 is 1.24 bits per heavy atom. The Morgan fingerprint density at radius 3 is 2.72 bits per heavy atom. The molecule has 2 heterocycles. The van der Waals surface area contributed by atoms with E-state index in [1.807, 2.05) is 7.05 Å². The molecule has 4 fully saturated rings. The van der Waals surface area contributed by atoms with Crippen LogP contribution in [-0.4, -0.2) is 63.0 Å². The van der Waals surface area contributed by atoms with E-state index in [0.29, 0.717) is 23.0 Å². The summed E-state index contributed by atoms with van der Waals surface area (Å²) in [5, 5.41) is 3.83. The Kier molecular flexibility index (Phi) is 4.98. The summed E-state index contributed by atoms with van der Waals surface area (Å²) in [6, 6.07) is 0.539. The van der Waals surface area contributed by atoms with E-state index in [9.17, 15) is 0 Å². The summed E-state index contributed by atoms with van der Waals surface area (Å²) in [7, 11) is 1.94. The smallest absolute Gasteiger partial charge is 0.193 e. The van der Waals surface area contributed by atoms with Crippen LogP contribution in [-0.2, 0) is 9.47 Å². The second kappa shape index (κ2) is 7.07. The number of hydrogen-bond donors (Lipinski definition) is 1. The molecule has 0 aromatic heterocycles. The molecule has 2 aliphatic carbocycles. The maximum absolute atomic E-state index is 6.01. The molecule has 3 atom stereocenters. The van der Waals surface area contributed by atoms with Crippen molar-refractivity contribution in [2.24, 2.45) is 15.8 Å². The lowest BCUT2D eigenvalue weighted by Crippen LogP contribution is -2.69. The maximum Gasteiger partial charge on any atom is 0.193 e. The zero-order valence-electron chi connectivity index (χ0n) is 16.1. The number of ether oxygens (including phenoxy) is 2. The first-order valence-corrected chi connectivity index (χ1v) is 10.4. The molecule has 25 heavy (non-hydrogen) atoms. The number of nitrogens with zero attached hydrogens (tertiary/aromatic N) is 2. The highest BCUT2D eigenvalue weighted by Gasteiger charge is 2.59. The largest absolute Gasteiger partial charge is 0.381 e. The molecule has 1 N–H and O–H groups in total. The van der Waals surface area contributed by atoms with Crippen molar-refractivity contribution in [1.29, 1.82) is 0 Å². The summed E-state index contributed by atoms with van der Waals surface area (Å²) in [5.74, 6) is 1.11. The third-order valence-corrected chi connectivity index (χ3v) is 7.32. The van der Waals surface area contributed by atoms with Gasteiger partial charge in [-0.15, -0.1) is 0 Å². The Balaban J connectivity index is 1.39. The summed E-state index contributed by atoms with van der Waals surface area (Å²) in [6.45, 7) is 7.05. The Bertz CT molecular complexity index is 492. The summed E-state index contributed by atoms with van der Waals surface area (Å²) < 4.78 is 11.8. The van der Waals surface area contributed by atoms with Gasteiger partial charge in [-0.25, -0.2) is 0 Å². The number of rotatable bonds is 3. The van der Waals surface area contributed by atoms with Crippen LogP contribution in [0, 0.1) is 10.8 Å². The van der Waals surface area contributed by atoms with Gasteiger partial charge in [0.25, 0.3) is 0 Å². The molecule has 0 bridgehead atoms. The van der Waals surface area contributed by atoms with Crippen LogP contribution in [0.15, 0.2) is 4.99 Å². The zero-order valence-corrected chi connectivity index (χ0v) is 16.1. The van der Waals surface area contributed by atoms with E-state index in [4.69, 9.17) is 9.47 Å². The highest BCUT2D eigenvalue weighted by atomic mass is 16.5. The van der Waals surface area contributed by atoms with E-state index in [2.05, 4.69) is 22.1 Å². The molecule has 2 aliphatic heterocycles. The summed E-state index contributed by atoms with van der Waals surface area (Å²) in [6.07, 6.45) is 10.6. The standard InChI is InChI=1S/C20H35N3O2/c1-3-25-17-13-16(20(17)9-4-10-20)22-18(21-2)23-11-5-7-19(14-23)8-6-12-24-15-19/h16-17H,3-15H2,1-2H3,(H,21,22). The first-order valence-electron chi connectivity index (χ1n) is 10.4. The third kappa shape index (κ3) is 3.08. The van der Waals surface area contributed by atoms with Crippen LogP contribution in [0.5, 0.6) is 0 Å². The Labute approximate surface area is 152 Å². The molecule has 142 valence electrons. The molecule has 5 nitrogen and oxygen atoms in total. The quantitative estimate of drug-likeness (QED) is 0.629. The van der Waals surface area contributed by atoms with Crippen molar-refractivity contribution in [3.63, 3.8) is 0 Å². The lowest BCUT2D eigenvalue weighted by Gasteiger charge is -2.61. The van der Waals surface area contributed by atoms with Crippen molar-refractivity contribution in [2.75, 3.05) is 40.0 Å². The monoisotopic (exact) mass is 349 g/mol. The van der Waals surface area contributed by atoms with E-state index in [1.165, 1.54) is 44.9 Å². The van der Waals surface area contributed by atoms with Crippen molar-refractivity contribution in [3.05, 3.63) is 0 Å². The normalized spacial score (nSPS) is 37.7. The zero-order chi connectivity index (χ0) is 17.3. The van der Waals surface area contributed by atoms with Crippen LogP contribution in [0.3, 0.4) is 0 Å². The minimum Gasteiger partial charge on any atom is -0.381 e. The van der Waals surface area contributed by atoms with E-state index in [0.717, 1.165) is 45.3 Å². The van der Waals surface area contributed by atoms with Gasteiger partial charge in [0.1, 0.15) is 0 Å².